The van der Waals surface area contributed by atoms with Crippen LogP contribution in [0.15, 0.2) is 63.7 Å². The predicted octanol–water partition coefficient (Wildman–Crippen LogP) is 2.22. The molecule has 0 aliphatic heterocycles. The maximum Gasteiger partial charge on any atom is 0.358 e. The van der Waals surface area contributed by atoms with Gasteiger partial charge >= 0.3 is 10.1 Å². The van der Waals surface area contributed by atoms with Crippen molar-refractivity contribution in [1.29, 1.82) is 0 Å². The van der Waals surface area contributed by atoms with Gasteiger partial charge < -0.3 is 0 Å². The summed E-state index contributed by atoms with van der Waals surface area (Å²) < 4.78 is 28.5. The van der Waals surface area contributed by atoms with Gasteiger partial charge in [-0.1, -0.05) is 23.4 Å². The number of ketones is 1. The van der Waals surface area contributed by atoms with Crippen molar-refractivity contribution in [2.24, 2.45) is 5.16 Å². The Bertz CT molecular complexity index is 728. The highest BCUT2D eigenvalue weighted by molar-refractivity contribution is 7.86. The number of hydrogen-bond acceptors (Lipinski definition) is 5. The Morgan fingerprint density at radius 2 is 1.65 bits per heavy atom. The van der Waals surface area contributed by atoms with Crippen molar-refractivity contribution in [3.05, 3.63) is 53.6 Å². The van der Waals surface area contributed by atoms with E-state index >= 15 is 0 Å². The first kappa shape index (κ1) is 14.2. The number of benzene rings is 1. The Labute approximate surface area is 117 Å². The molecule has 0 unspecified atom stereocenters. The molecule has 0 aromatic heterocycles. The van der Waals surface area contributed by atoms with Gasteiger partial charge in [0, 0.05) is 0 Å². The van der Waals surface area contributed by atoms with Crippen molar-refractivity contribution >= 4 is 21.6 Å². The Kier molecular flexibility index (Phi) is 3.85. The molecule has 0 saturated heterocycles. The fourth-order valence-electron chi connectivity index (χ4n) is 1.59. The average molecular weight is 291 g/mol. The highest BCUT2D eigenvalue weighted by Gasteiger charge is 2.17. The van der Waals surface area contributed by atoms with Crippen LogP contribution in [0.1, 0.15) is 13.8 Å². The van der Waals surface area contributed by atoms with E-state index in [2.05, 4.69) is 9.44 Å². The number of nitrogens with zero attached hydrogens (tertiary/aromatic N) is 1. The lowest BCUT2D eigenvalue weighted by atomic mass is 9.99. The normalized spacial score (nSPS) is 17.7. The molecule has 104 valence electrons. The number of allylic oxidation sites excluding steroid dienone is 4. The van der Waals surface area contributed by atoms with Gasteiger partial charge in [-0.2, -0.15) is 8.42 Å². The molecule has 0 atom stereocenters. The molecular weight excluding hydrogens is 278 g/mol. The first-order valence-corrected chi connectivity index (χ1v) is 7.29. The summed E-state index contributed by atoms with van der Waals surface area (Å²) in [4.78, 5) is 11.4. The molecule has 0 saturated carbocycles. The van der Waals surface area contributed by atoms with Crippen molar-refractivity contribution in [2.45, 2.75) is 18.7 Å². The smallest absolute Gasteiger partial charge is 0.290 e. The maximum atomic E-state index is 11.9. The summed E-state index contributed by atoms with van der Waals surface area (Å²) in [5.74, 6) is -0.118. The summed E-state index contributed by atoms with van der Waals surface area (Å²) in [6, 6.07) is 7.74. The molecule has 0 heterocycles. The lowest BCUT2D eigenvalue weighted by Gasteiger charge is -2.09. The summed E-state index contributed by atoms with van der Waals surface area (Å²) >= 11 is 0. The van der Waals surface area contributed by atoms with Crippen LogP contribution in [0.5, 0.6) is 0 Å². The summed E-state index contributed by atoms with van der Waals surface area (Å²) in [6.45, 7) is 3.30. The molecule has 0 amide bonds. The minimum Gasteiger partial charge on any atom is -0.290 e. The highest BCUT2D eigenvalue weighted by atomic mass is 32.2. The minimum atomic E-state index is -3.94. The quantitative estimate of drug-likeness (QED) is 0.632. The second-order valence-electron chi connectivity index (χ2n) is 4.34. The predicted molar refractivity (Wildman–Crippen MR) is 74.7 cm³/mol. The molecule has 1 aromatic rings. The average Bonchev–Trinajstić information content (AvgIpc) is 2.42. The largest absolute Gasteiger partial charge is 0.358 e. The second kappa shape index (κ2) is 5.42. The van der Waals surface area contributed by atoms with Crippen LogP contribution in [0.25, 0.3) is 0 Å². The van der Waals surface area contributed by atoms with Crippen LogP contribution in [0, 0.1) is 0 Å². The molecule has 0 radical (unpaired) electrons. The molecule has 0 bridgehead atoms. The van der Waals surface area contributed by atoms with Crippen LogP contribution < -0.4 is 0 Å². The standard InChI is InChI=1S/C14H13NO4S/c1-10-9-14(16)11(2)8-13(10)15-19-20(17,18)12-6-4-3-5-7-12/h3-9H,1-2H3. The monoisotopic (exact) mass is 291 g/mol. The Hall–Kier alpha value is -2.21. The Balaban J connectivity index is 2.26. The first-order valence-electron chi connectivity index (χ1n) is 5.88. The van der Waals surface area contributed by atoms with Crippen molar-refractivity contribution in [2.75, 3.05) is 0 Å². The van der Waals surface area contributed by atoms with Crippen molar-refractivity contribution < 1.29 is 17.5 Å². The van der Waals surface area contributed by atoms with Crippen LogP contribution in [0.3, 0.4) is 0 Å². The van der Waals surface area contributed by atoms with Gasteiger partial charge in [0.15, 0.2) is 5.78 Å². The third-order valence-corrected chi connectivity index (χ3v) is 3.88. The van der Waals surface area contributed by atoms with Crippen molar-refractivity contribution in [3.63, 3.8) is 0 Å². The molecule has 0 N–H and O–H groups in total. The molecule has 1 aliphatic carbocycles. The lowest BCUT2D eigenvalue weighted by molar-refractivity contribution is -0.111. The number of rotatable bonds is 3. The van der Waals surface area contributed by atoms with Gasteiger partial charge in [0.05, 0.1) is 0 Å². The van der Waals surface area contributed by atoms with E-state index in [1.165, 1.54) is 24.3 Å². The van der Waals surface area contributed by atoms with E-state index in [9.17, 15) is 13.2 Å². The summed E-state index contributed by atoms with van der Waals surface area (Å²) in [6.07, 6.45) is 2.89. The van der Waals surface area contributed by atoms with Crippen molar-refractivity contribution in [1.82, 2.24) is 0 Å². The number of carbonyl (C=O) groups excluding carboxylic acids is 1. The first-order chi connectivity index (χ1) is 9.40. The Morgan fingerprint density at radius 1 is 1.00 bits per heavy atom. The number of carbonyl (C=O) groups is 1. The summed E-state index contributed by atoms with van der Waals surface area (Å²) in [7, 11) is -3.94. The van der Waals surface area contributed by atoms with Crippen molar-refractivity contribution in [3.8, 4) is 0 Å². The topological polar surface area (TPSA) is 72.8 Å². The molecule has 1 aromatic carbocycles. The summed E-state index contributed by atoms with van der Waals surface area (Å²) in [5.41, 5.74) is 1.36. The molecule has 5 nitrogen and oxygen atoms in total. The van der Waals surface area contributed by atoms with Gasteiger partial charge in [0.25, 0.3) is 0 Å². The zero-order chi connectivity index (χ0) is 14.8. The third kappa shape index (κ3) is 3.03. The van der Waals surface area contributed by atoms with Gasteiger partial charge in [-0.3, -0.25) is 9.08 Å². The minimum absolute atomic E-state index is 0.0265. The van der Waals surface area contributed by atoms with E-state index in [0.717, 1.165) is 0 Å². The van der Waals surface area contributed by atoms with Gasteiger partial charge in [0.1, 0.15) is 10.6 Å². The van der Waals surface area contributed by atoms with Gasteiger partial charge in [-0.15, -0.1) is 0 Å². The van der Waals surface area contributed by atoms with Crippen LogP contribution in [-0.2, 0) is 19.2 Å². The highest BCUT2D eigenvalue weighted by Crippen LogP contribution is 2.15. The van der Waals surface area contributed by atoms with E-state index in [1.807, 2.05) is 0 Å². The van der Waals surface area contributed by atoms with E-state index in [1.54, 1.807) is 32.0 Å². The third-order valence-electron chi connectivity index (χ3n) is 2.76. The number of hydrogen-bond donors (Lipinski definition) is 0. The van der Waals surface area contributed by atoms with Crippen LogP contribution in [0.4, 0.5) is 0 Å². The van der Waals surface area contributed by atoms with E-state index in [0.29, 0.717) is 16.9 Å². The lowest BCUT2D eigenvalue weighted by Crippen LogP contribution is -2.12. The van der Waals surface area contributed by atoms with Crippen LogP contribution >= 0.6 is 0 Å². The molecule has 6 heteroatoms. The molecule has 0 fully saturated rings. The molecular formula is C14H13NO4S. The SMILES string of the molecule is CC1=CC(=NOS(=O)(=O)c2ccccc2)C(C)=CC1=O. The maximum absolute atomic E-state index is 11.9. The fraction of sp³-hybridized carbons (Fsp3) is 0.143. The molecule has 0 spiro atoms. The summed E-state index contributed by atoms with van der Waals surface area (Å²) in [5, 5.41) is 3.63. The zero-order valence-corrected chi connectivity index (χ0v) is 11.8. The van der Waals surface area contributed by atoms with E-state index in [-0.39, 0.29) is 10.7 Å². The van der Waals surface area contributed by atoms with Gasteiger partial charge in [-0.05, 0) is 49.3 Å². The van der Waals surface area contributed by atoms with E-state index in [4.69, 9.17) is 0 Å². The van der Waals surface area contributed by atoms with Crippen LogP contribution in [0.2, 0.25) is 0 Å². The molecule has 20 heavy (non-hydrogen) atoms. The van der Waals surface area contributed by atoms with Gasteiger partial charge in [-0.25, -0.2) is 0 Å². The Morgan fingerprint density at radius 3 is 2.30 bits per heavy atom. The zero-order valence-electron chi connectivity index (χ0n) is 11.0. The van der Waals surface area contributed by atoms with Crippen LogP contribution in [-0.4, -0.2) is 19.9 Å². The second-order valence-corrected chi connectivity index (χ2v) is 5.87. The van der Waals surface area contributed by atoms with E-state index < -0.39 is 10.1 Å². The van der Waals surface area contributed by atoms with Gasteiger partial charge in [0.2, 0.25) is 0 Å². The molecule has 2 rings (SSSR count). The number of oxime groups is 1. The fourth-order valence-corrected chi connectivity index (χ4v) is 2.35. The molecule has 1 aliphatic rings.